The standard InChI is InChI=1S/C12H24NO.C9H17NO3.2C2H6.V/c1-7-9(8-2)10(13-6)11(14)12(3,4)5;1-6(2)8(11)5-4-7(10-3)9(12)13;2*1-2;/h9-10H,7-8H2,1-6H3;6-7,10H,4-5H2,1-3H3,(H,12,13);2*1-2H3;/q-1;;;;. The van der Waals surface area contributed by atoms with Crippen LogP contribution >= 0.6 is 0 Å². The van der Waals surface area contributed by atoms with Crippen LogP contribution in [-0.2, 0) is 32.9 Å². The number of aliphatic carboxylic acids is 1. The van der Waals surface area contributed by atoms with Crippen LogP contribution in [0.15, 0.2) is 0 Å². The summed E-state index contributed by atoms with van der Waals surface area (Å²) in [6.07, 6.45) is 2.75. The Bertz CT molecular complexity index is 459. The van der Waals surface area contributed by atoms with Crippen molar-refractivity contribution in [2.24, 2.45) is 17.3 Å². The second kappa shape index (κ2) is 24.9. The van der Waals surface area contributed by atoms with Crippen molar-refractivity contribution >= 4 is 17.5 Å². The van der Waals surface area contributed by atoms with E-state index in [1.54, 1.807) is 14.1 Å². The first-order valence-electron chi connectivity index (χ1n) is 11.9. The molecule has 0 aromatic carbocycles. The maximum Gasteiger partial charge on any atom is 0.320 e. The van der Waals surface area contributed by atoms with Gasteiger partial charge in [0.05, 0.1) is 0 Å². The minimum Gasteiger partial charge on any atom is -0.656 e. The molecule has 0 saturated heterocycles. The molecule has 193 valence electrons. The second-order valence-corrected chi connectivity index (χ2v) is 8.23. The molecule has 0 heterocycles. The molecule has 0 aliphatic carbocycles. The summed E-state index contributed by atoms with van der Waals surface area (Å²) in [6.45, 7) is 21.8. The van der Waals surface area contributed by atoms with E-state index < -0.39 is 12.0 Å². The van der Waals surface area contributed by atoms with Gasteiger partial charge in [-0.25, -0.2) is 0 Å². The van der Waals surface area contributed by atoms with Gasteiger partial charge in [0.1, 0.15) is 17.6 Å². The molecule has 0 aromatic heterocycles. The molecule has 0 amide bonds. The van der Waals surface area contributed by atoms with Crippen LogP contribution in [0, 0.1) is 17.3 Å². The quantitative estimate of drug-likeness (QED) is 0.359. The predicted octanol–water partition coefficient (Wildman–Crippen LogP) is 6.12. The molecule has 0 fully saturated rings. The second-order valence-electron chi connectivity index (χ2n) is 8.23. The summed E-state index contributed by atoms with van der Waals surface area (Å²) in [5.74, 6) is -0.118. The summed E-state index contributed by atoms with van der Waals surface area (Å²) >= 11 is 0. The Labute approximate surface area is 211 Å². The van der Waals surface area contributed by atoms with Gasteiger partial charge in [-0.3, -0.25) is 9.59 Å². The van der Waals surface area contributed by atoms with E-state index in [1.807, 2.05) is 62.3 Å². The molecule has 7 heteroatoms. The minimum absolute atomic E-state index is 0. The van der Waals surface area contributed by atoms with Crippen molar-refractivity contribution in [2.45, 2.75) is 114 Å². The average molecular weight is 497 g/mol. The van der Waals surface area contributed by atoms with Gasteiger partial charge in [0.15, 0.2) is 0 Å². The fourth-order valence-corrected chi connectivity index (χ4v) is 2.69. The molecule has 32 heavy (non-hydrogen) atoms. The zero-order chi connectivity index (χ0) is 25.8. The fraction of sp³-hybridized carbons (Fsp3) is 0.880. The zero-order valence-electron chi connectivity index (χ0n) is 23.2. The van der Waals surface area contributed by atoms with Gasteiger partial charge in [-0.05, 0) is 13.5 Å². The van der Waals surface area contributed by atoms with Crippen LogP contribution < -0.4 is 5.32 Å². The number of rotatable bonds is 11. The van der Waals surface area contributed by atoms with Gasteiger partial charge in [-0.2, -0.15) is 7.05 Å². The molecular weight excluding hydrogens is 443 g/mol. The molecule has 0 bridgehead atoms. The first-order chi connectivity index (χ1) is 14.4. The smallest absolute Gasteiger partial charge is 0.320 e. The molecule has 1 radical (unpaired) electrons. The van der Waals surface area contributed by atoms with Crippen LogP contribution in [0.4, 0.5) is 0 Å². The summed E-state index contributed by atoms with van der Waals surface area (Å²) in [7, 11) is 3.34. The van der Waals surface area contributed by atoms with E-state index in [0.717, 1.165) is 12.8 Å². The largest absolute Gasteiger partial charge is 0.656 e. The number of ketones is 2. The Hall–Kier alpha value is -0.686. The summed E-state index contributed by atoms with van der Waals surface area (Å²) < 4.78 is 0. The monoisotopic (exact) mass is 496 g/mol. The van der Waals surface area contributed by atoms with Gasteiger partial charge in [0.25, 0.3) is 0 Å². The van der Waals surface area contributed by atoms with Crippen molar-refractivity contribution in [3.05, 3.63) is 5.32 Å². The van der Waals surface area contributed by atoms with Gasteiger partial charge >= 0.3 is 5.97 Å². The van der Waals surface area contributed by atoms with Crippen molar-refractivity contribution < 1.29 is 38.0 Å². The van der Waals surface area contributed by atoms with Crippen LogP contribution in [0.5, 0.6) is 0 Å². The maximum absolute atomic E-state index is 12.1. The topological polar surface area (TPSA) is 97.6 Å². The fourth-order valence-electron chi connectivity index (χ4n) is 2.69. The van der Waals surface area contributed by atoms with Gasteiger partial charge < -0.3 is 20.5 Å². The molecule has 6 nitrogen and oxygen atoms in total. The van der Waals surface area contributed by atoms with Crippen LogP contribution in [0.2, 0.25) is 0 Å². The molecule has 2 N–H and O–H groups in total. The van der Waals surface area contributed by atoms with E-state index in [0.29, 0.717) is 18.8 Å². The number of carboxylic acids is 1. The molecule has 2 atom stereocenters. The summed E-state index contributed by atoms with van der Waals surface area (Å²) in [5, 5.41) is 15.5. The molecule has 0 aliphatic heterocycles. The molecule has 0 aromatic rings. The molecule has 0 rings (SSSR count). The third-order valence-corrected chi connectivity index (χ3v) is 4.75. The maximum atomic E-state index is 12.1. The molecular formula is C25H53N2O4V-. The molecule has 0 aliphatic rings. The summed E-state index contributed by atoms with van der Waals surface area (Å²) in [5.41, 5.74) is -0.271. The molecule has 0 saturated carbocycles. The number of carbonyl (C=O) groups excluding carboxylic acids is 2. The number of likely N-dealkylation sites (N-methyl/N-ethyl adjacent to an activating group) is 2. The number of Topliss-reactive ketones (excluding diaryl/α,β-unsaturated/α-hetero) is 2. The van der Waals surface area contributed by atoms with Gasteiger partial charge in [0, 0.05) is 36.3 Å². The SMILES string of the molecule is CC.CC.CCC(CC)C([N-]C)C(=O)C(C)(C)C.CNC(CCC(=O)C(C)C)C(=O)O.[V]. The first kappa shape index (κ1) is 41.6. The zero-order valence-corrected chi connectivity index (χ0v) is 24.6. The number of hydrogen-bond acceptors (Lipinski definition) is 4. The number of nitrogens with one attached hydrogen (secondary N) is 1. The van der Waals surface area contributed by atoms with Crippen molar-refractivity contribution in [1.29, 1.82) is 0 Å². The van der Waals surface area contributed by atoms with Crippen LogP contribution in [0.25, 0.3) is 5.32 Å². The summed E-state index contributed by atoms with van der Waals surface area (Å²) in [6, 6.07) is -0.715. The Kier molecular flexibility index (Phi) is 32.4. The third-order valence-electron chi connectivity index (χ3n) is 4.75. The van der Waals surface area contributed by atoms with Crippen LogP contribution in [0.3, 0.4) is 0 Å². The van der Waals surface area contributed by atoms with E-state index in [2.05, 4.69) is 24.5 Å². The van der Waals surface area contributed by atoms with Crippen LogP contribution in [0.1, 0.15) is 102 Å². The van der Waals surface area contributed by atoms with Gasteiger partial charge in [0.2, 0.25) is 0 Å². The van der Waals surface area contributed by atoms with E-state index >= 15 is 0 Å². The molecule has 2 unspecified atom stereocenters. The number of carbonyl (C=O) groups is 3. The van der Waals surface area contributed by atoms with Gasteiger partial charge in [-0.15, -0.1) is 0 Å². The third kappa shape index (κ3) is 20.0. The minimum atomic E-state index is -0.904. The number of nitrogens with zero attached hydrogens (tertiary/aromatic N) is 1. The van der Waals surface area contributed by atoms with E-state index in [4.69, 9.17) is 5.11 Å². The van der Waals surface area contributed by atoms with Crippen molar-refractivity contribution in [1.82, 2.24) is 5.32 Å². The van der Waals surface area contributed by atoms with E-state index in [9.17, 15) is 14.4 Å². The van der Waals surface area contributed by atoms with Crippen molar-refractivity contribution in [3.63, 3.8) is 0 Å². The molecule has 0 spiro atoms. The Morgan fingerprint density at radius 3 is 1.59 bits per heavy atom. The van der Waals surface area contributed by atoms with Crippen LogP contribution in [-0.4, -0.2) is 48.8 Å². The predicted molar refractivity (Wildman–Crippen MR) is 134 cm³/mol. The average Bonchev–Trinajstić information content (AvgIpc) is 2.74. The van der Waals surface area contributed by atoms with E-state index in [1.165, 1.54) is 0 Å². The Morgan fingerprint density at radius 1 is 0.969 bits per heavy atom. The first-order valence-corrected chi connectivity index (χ1v) is 11.9. The Balaban J connectivity index is -0.000000128. The summed E-state index contributed by atoms with van der Waals surface area (Å²) in [4.78, 5) is 33.8. The van der Waals surface area contributed by atoms with Crippen molar-refractivity contribution in [2.75, 3.05) is 14.1 Å². The number of hydrogen-bond donors (Lipinski definition) is 2. The number of carboxylic acid groups (broad SMARTS) is 1. The van der Waals surface area contributed by atoms with Crippen molar-refractivity contribution in [3.8, 4) is 0 Å². The normalized spacial score (nSPS) is 12.0. The van der Waals surface area contributed by atoms with E-state index in [-0.39, 0.29) is 47.5 Å². The Morgan fingerprint density at radius 2 is 1.38 bits per heavy atom. The van der Waals surface area contributed by atoms with Gasteiger partial charge in [-0.1, -0.05) is 101 Å².